The average Bonchev–Trinajstić information content (AvgIpc) is 3.69. The number of halogens is 6. The minimum atomic E-state index is -6.37. The first-order valence-electron chi connectivity index (χ1n) is 12.8. The highest BCUT2D eigenvalue weighted by atomic mass is 19.4. The van der Waals surface area contributed by atoms with Crippen molar-refractivity contribution in [3.63, 3.8) is 0 Å². The Morgan fingerprint density at radius 3 is 2.16 bits per heavy atom. The Bertz CT molecular complexity index is 1430. The van der Waals surface area contributed by atoms with Gasteiger partial charge in [0.1, 0.15) is 11.8 Å². The molecule has 1 atom stereocenters. The molecule has 2 aromatic rings. The molecule has 0 bridgehead atoms. The Kier molecular flexibility index (Phi) is 8.26. The van der Waals surface area contributed by atoms with E-state index >= 15 is 0 Å². The smallest absolute Gasteiger partial charge is 0.430 e. The van der Waals surface area contributed by atoms with Crippen molar-refractivity contribution < 1.29 is 55.4 Å². The van der Waals surface area contributed by atoms with E-state index < -0.39 is 70.6 Å². The highest BCUT2D eigenvalue weighted by Gasteiger charge is 2.84. The Morgan fingerprint density at radius 2 is 1.63 bits per heavy atom. The van der Waals surface area contributed by atoms with Gasteiger partial charge in [-0.1, -0.05) is 37.1 Å². The minimum Gasteiger partial charge on any atom is -0.495 e. The fourth-order valence-electron chi connectivity index (χ4n) is 4.92. The summed E-state index contributed by atoms with van der Waals surface area (Å²) in [6, 6.07) is 4.92. The van der Waals surface area contributed by atoms with Crippen LogP contribution in [-0.4, -0.2) is 69.9 Å². The summed E-state index contributed by atoms with van der Waals surface area (Å²) in [5.41, 5.74) is -4.49. The molecule has 10 nitrogen and oxygen atoms in total. The largest absolute Gasteiger partial charge is 0.495 e. The minimum absolute atomic E-state index is 0.0175. The number of anilines is 2. The summed E-state index contributed by atoms with van der Waals surface area (Å²) in [7, 11) is 1.13. The lowest BCUT2D eigenvalue weighted by Gasteiger charge is -2.37. The molecule has 2 fully saturated rings. The van der Waals surface area contributed by atoms with Gasteiger partial charge >= 0.3 is 35.9 Å². The second-order valence-electron chi connectivity index (χ2n) is 10.2. The van der Waals surface area contributed by atoms with Crippen molar-refractivity contribution >= 4 is 35.3 Å². The van der Waals surface area contributed by atoms with E-state index in [2.05, 4.69) is 10.6 Å². The number of alkyl halides is 6. The van der Waals surface area contributed by atoms with Crippen molar-refractivity contribution in [2.24, 2.45) is 5.92 Å². The number of hydrogen-bond acceptors (Lipinski definition) is 5. The van der Waals surface area contributed by atoms with Crippen LogP contribution in [0.5, 0.6) is 5.75 Å². The number of rotatable bonds is 9. The Labute approximate surface area is 240 Å². The number of urea groups is 2. The first-order chi connectivity index (χ1) is 20.0. The van der Waals surface area contributed by atoms with Crippen LogP contribution in [-0.2, 0) is 16.1 Å². The second-order valence-corrected chi connectivity index (χ2v) is 10.2. The molecule has 16 heteroatoms. The van der Waals surface area contributed by atoms with Crippen LogP contribution < -0.4 is 15.4 Å². The molecule has 1 saturated carbocycles. The molecule has 0 unspecified atom stereocenters. The zero-order chi connectivity index (χ0) is 31.9. The van der Waals surface area contributed by atoms with Gasteiger partial charge in [-0.05, 0) is 48.6 Å². The summed E-state index contributed by atoms with van der Waals surface area (Å²) >= 11 is 0. The molecule has 3 N–H and O–H groups in total. The number of aliphatic carboxylic acids is 1. The van der Waals surface area contributed by atoms with Crippen molar-refractivity contribution in [2.75, 3.05) is 17.7 Å². The quantitative estimate of drug-likeness (QED) is 0.251. The predicted molar refractivity (Wildman–Crippen MR) is 138 cm³/mol. The summed E-state index contributed by atoms with van der Waals surface area (Å²) in [4.78, 5) is 49.5. The van der Waals surface area contributed by atoms with E-state index in [4.69, 9.17) is 4.74 Å². The van der Waals surface area contributed by atoms with Gasteiger partial charge in [-0.15, -0.1) is 0 Å². The van der Waals surface area contributed by atoms with E-state index in [1.165, 1.54) is 0 Å². The van der Waals surface area contributed by atoms with Gasteiger partial charge in [-0.2, -0.15) is 26.3 Å². The SMILES string of the molecule is COc1cc(CN2C(=O)N([C@@H](CC3CC3)C(=O)O)C(=O)C2(C(F)(F)F)C(F)(F)F)ccc1NC(=O)Nc1ccccc1C. The van der Waals surface area contributed by atoms with Gasteiger partial charge in [-0.3, -0.25) is 9.69 Å². The van der Waals surface area contributed by atoms with Crippen molar-refractivity contribution in [1.29, 1.82) is 0 Å². The van der Waals surface area contributed by atoms with Gasteiger partial charge in [0.2, 0.25) is 0 Å². The molecule has 0 radical (unpaired) electrons. The van der Waals surface area contributed by atoms with Gasteiger partial charge in [0.25, 0.3) is 5.91 Å². The number of nitrogens with zero attached hydrogens (tertiary/aromatic N) is 2. The molecular formula is C27H26F6N4O6. The summed E-state index contributed by atoms with van der Waals surface area (Å²) in [5, 5.41) is 14.6. The number of carboxylic acid groups (broad SMARTS) is 1. The summed E-state index contributed by atoms with van der Waals surface area (Å²) in [6.45, 7) is 0.338. The molecule has 2 aliphatic rings. The highest BCUT2D eigenvalue weighted by molar-refractivity contribution is 6.10. The molecular weight excluding hydrogens is 590 g/mol. The van der Waals surface area contributed by atoms with Crippen LogP contribution in [0.4, 0.5) is 47.3 Å². The molecule has 1 aliphatic heterocycles. The molecule has 0 spiro atoms. The first-order valence-corrected chi connectivity index (χ1v) is 12.8. The van der Waals surface area contributed by atoms with E-state index in [1.807, 2.05) is 0 Å². The fraction of sp³-hybridized carbons (Fsp3) is 0.407. The lowest BCUT2D eigenvalue weighted by atomic mass is 9.94. The molecule has 2 aromatic carbocycles. The maximum absolute atomic E-state index is 14.4. The number of carbonyl (C=O) groups excluding carboxylic acids is 3. The molecule has 43 heavy (non-hydrogen) atoms. The van der Waals surface area contributed by atoms with Crippen molar-refractivity contribution in [2.45, 2.75) is 56.7 Å². The number of imide groups is 1. The van der Waals surface area contributed by atoms with E-state index in [-0.39, 0.29) is 22.9 Å². The Hall–Kier alpha value is -4.50. The Balaban J connectivity index is 1.69. The van der Waals surface area contributed by atoms with Crippen LogP contribution in [0, 0.1) is 12.8 Å². The van der Waals surface area contributed by atoms with Crippen LogP contribution in [0.15, 0.2) is 42.5 Å². The zero-order valence-electron chi connectivity index (χ0n) is 22.7. The number of hydrogen-bond donors (Lipinski definition) is 3. The van der Waals surface area contributed by atoms with E-state index in [1.54, 1.807) is 31.2 Å². The van der Waals surface area contributed by atoms with Gasteiger partial charge in [0, 0.05) is 12.2 Å². The lowest BCUT2D eigenvalue weighted by Crippen LogP contribution is -2.69. The summed E-state index contributed by atoms with van der Waals surface area (Å²) < 4.78 is 91.4. The average molecular weight is 617 g/mol. The van der Waals surface area contributed by atoms with Crippen LogP contribution in [0.3, 0.4) is 0 Å². The molecule has 232 valence electrons. The summed E-state index contributed by atoms with van der Waals surface area (Å²) in [5.74, 6) is -5.19. The standard InChI is InChI=1S/C27H26F6N4O6/c1-14-5-3-4-6-17(14)34-23(41)35-18-10-9-16(12-20(18)43-2)13-36-24(42)37(19(21(38)39)11-15-7-8-15)22(40)25(36,26(28,29)30)27(31,32)33/h3-6,9-10,12,15,19H,7-8,11,13H2,1-2H3,(H,38,39)(H2,34,35,41)/t19-/m0/s1. The number of aryl methyl sites for hydroxylation is 1. The van der Waals surface area contributed by atoms with Gasteiger partial charge in [0.05, 0.1) is 12.8 Å². The van der Waals surface area contributed by atoms with E-state index in [0.717, 1.165) is 30.9 Å². The van der Waals surface area contributed by atoms with E-state index in [0.29, 0.717) is 18.5 Å². The van der Waals surface area contributed by atoms with Crippen LogP contribution >= 0.6 is 0 Å². The number of nitrogens with one attached hydrogen (secondary N) is 2. The van der Waals surface area contributed by atoms with E-state index in [9.17, 15) is 50.6 Å². The van der Waals surface area contributed by atoms with Crippen LogP contribution in [0.25, 0.3) is 0 Å². The normalized spacial score (nSPS) is 17.6. The van der Waals surface area contributed by atoms with Crippen molar-refractivity contribution in [1.82, 2.24) is 9.80 Å². The number of ether oxygens (including phenoxy) is 1. The number of carboxylic acids is 1. The maximum atomic E-state index is 14.4. The van der Waals surface area contributed by atoms with Crippen LogP contribution in [0.1, 0.15) is 30.4 Å². The summed E-state index contributed by atoms with van der Waals surface area (Å²) in [6.07, 6.45) is -12.3. The molecule has 1 saturated heterocycles. The Morgan fingerprint density at radius 1 is 1.02 bits per heavy atom. The third-order valence-corrected chi connectivity index (χ3v) is 7.29. The zero-order valence-corrected chi connectivity index (χ0v) is 22.7. The van der Waals surface area contributed by atoms with Gasteiger partial charge < -0.3 is 20.5 Å². The van der Waals surface area contributed by atoms with Crippen molar-refractivity contribution in [3.05, 3.63) is 53.6 Å². The number of amides is 5. The molecule has 5 amide bonds. The lowest BCUT2D eigenvalue weighted by molar-refractivity contribution is -0.315. The second kappa shape index (κ2) is 11.3. The highest BCUT2D eigenvalue weighted by Crippen LogP contribution is 2.53. The van der Waals surface area contributed by atoms with Gasteiger partial charge in [-0.25, -0.2) is 19.3 Å². The predicted octanol–water partition coefficient (Wildman–Crippen LogP) is 5.53. The third-order valence-electron chi connectivity index (χ3n) is 7.29. The molecule has 1 aliphatic carbocycles. The first kappa shape index (κ1) is 31.4. The number of benzene rings is 2. The number of methoxy groups -OCH3 is 1. The van der Waals surface area contributed by atoms with Crippen LogP contribution in [0.2, 0.25) is 0 Å². The maximum Gasteiger partial charge on any atom is 0.430 e. The van der Waals surface area contributed by atoms with Gasteiger partial charge in [0.15, 0.2) is 0 Å². The monoisotopic (exact) mass is 616 g/mol. The number of para-hydroxylation sites is 1. The number of carbonyl (C=O) groups is 4. The molecule has 4 rings (SSSR count). The fourth-order valence-corrected chi connectivity index (χ4v) is 4.92. The van der Waals surface area contributed by atoms with Crippen molar-refractivity contribution in [3.8, 4) is 5.75 Å². The topological polar surface area (TPSA) is 128 Å². The molecule has 1 heterocycles. The molecule has 0 aromatic heterocycles. The third kappa shape index (κ3) is 5.77.